The molecule has 0 saturated carbocycles. The van der Waals surface area contributed by atoms with Gasteiger partial charge in [-0.2, -0.15) is 0 Å². The Hall–Kier alpha value is -3.75. The van der Waals surface area contributed by atoms with Crippen molar-refractivity contribution < 1.29 is 23.6 Å². The maximum atomic E-state index is 12.8. The van der Waals surface area contributed by atoms with Gasteiger partial charge in [0.25, 0.3) is 0 Å². The molecule has 3 aromatic rings. The Morgan fingerprint density at radius 1 is 0.974 bits per heavy atom. The van der Waals surface area contributed by atoms with Gasteiger partial charge in [0.05, 0.1) is 16.9 Å². The minimum absolute atomic E-state index is 0.0215. The van der Waals surface area contributed by atoms with Gasteiger partial charge in [-0.05, 0) is 73.6 Å². The molecule has 1 aliphatic heterocycles. The highest BCUT2D eigenvalue weighted by molar-refractivity contribution is 6.56. The van der Waals surface area contributed by atoms with Crippen molar-refractivity contribution in [1.82, 2.24) is 10.3 Å². The molecule has 1 aromatic heterocycles. The van der Waals surface area contributed by atoms with Crippen LogP contribution in [0.4, 0.5) is 4.79 Å². The van der Waals surface area contributed by atoms with E-state index >= 15 is 0 Å². The predicted octanol–water partition coefficient (Wildman–Crippen LogP) is 5.45. The molecule has 194 valence electrons. The quantitative estimate of drug-likeness (QED) is 0.336. The van der Waals surface area contributed by atoms with Gasteiger partial charge < -0.3 is 19.4 Å². The lowest BCUT2D eigenvalue weighted by atomic mass is 9.77. The molecule has 8 heteroatoms. The van der Waals surface area contributed by atoms with Gasteiger partial charge >= 0.3 is 13.2 Å². The normalized spacial score (nSPS) is 17.6. The summed E-state index contributed by atoms with van der Waals surface area (Å²) in [4.78, 5) is 28.2. The molecule has 1 fully saturated rings. The molecule has 0 spiro atoms. The van der Waals surface area contributed by atoms with Gasteiger partial charge in [-0.1, -0.05) is 48.5 Å². The van der Waals surface area contributed by atoms with E-state index < -0.39 is 24.4 Å². The molecule has 1 saturated heterocycles. The first-order chi connectivity index (χ1) is 18.2. The number of benzene rings is 2. The van der Waals surface area contributed by atoms with Crippen LogP contribution in [0.5, 0.6) is 0 Å². The zero-order chi connectivity index (χ0) is 26.9. The van der Waals surface area contributed by atoms with Crippen LogP contribution in [0, 0.1) is 0 Å². The molecule has 0 unspecified atom stereocenters. The average Bonchev–Trinajstić information content (AvgIpc) is 3.34. The number of alkyl carbamates (subject to hydrolysis) is 1. The molecule has 0 bridgehead atoms. The van der Waals surface area contributed by atoms with E-state index in [0.29, 0.717) is 16.7 Å². The van der Waals surface area contributed by atoms with Gasteiger partial charge in [-0.15, -0.1) is 0 Å². The Morgan fingerprint density at radius 3 is 2.13 bits per heavy atom. The Kier molecular flexibility index (Phi) is 6.94. The van der Waals surface area contributed by atoms with E-state index in [-0.39, 0.29) is 19.1 Å². The van der Waals surface area contributed by atoms with Crippen LogP contribution in [0.3, 0.4) is 0 Å². The van der Waals surface area contributed by atoms with Crippen molar-refractivity contribution in [2.75, 3.05) is 13.2 Å². The largest absolute Gasteiger partial charge is 0.492 e. The number of hydrogen-bond donors (Lipinski definition) is 1. The number of amides is 1. The van der Waals surface area contributed by atoms with Crippen molar-refractivity contribution in [3.8, 4) is 11.1 Å². The molecule has 0 radical (unpaired) electrons. The summed E-state index contributed by atoms with van der Waals surface area (Å²) >= 11 is 0. The number of fused-ring (bicyclic) bond motifs is 3. The summed E-state index contributed by atoms with van der Waals surface area (Å²) in [6, 6.07) is 19.9. The Labute approximate surface area is 223 Å². The van der Waals surface area contributed by atoms with E-state index in [4.69, 9.17) is 14.0 Å². The molecule has 2 aliphatic rings. The fraction of sp³-hybridized carbons (Fsp3) is 0.300. The fourth-order valence-corrected chi connectivity index (χ4v) is 4.78. The van der Waals surface area contributed by atoms with E-state index in [1.807, 2.05) is 52.0 Å². The number of ether oxygens (including phenoxy) is 1. The van der Waals surface area contributed by atoms with E-state index in [2.05, 4.69) is 34.6 Å². The first kappa shape index (κ1) is 25.9. The molecule has 1 N–H and O–H groups in total. The third-order valence-corrected chi connectivity index (χ3v) is 7.62. The monoisotopic (exact) mass is 510 g/mol. The number of nitrogens with zero attached hydrogens (tertiary/aromatic N) is 1. The topological polar surface area (TPSA) is 86.8 Å². The molecule has 1 amide bonds. The molecule has 5 rings (SSSR count). The highest BCUT2D eigenvalue weighted by Crippen LogP contribution is 2.44. The highest BCUT2D eigenvalue weighted by Gasteiger charge is 2.52. The number of nitrogens with one attached hydrogen (secondary N) is 1. The summed E-state index contributed by atoms with van der Waals surface area (Å²) in [5, 5.41) is 2.86. The number of aldehydes is 1. The van der Waals surface area contributed by atoms with Crippen LogP contribution in [0.2, 0.25) is 0 Å². The van der Waals surface area contributed by atoms with Crippen molar-refractivity contribution in [3.63, 3.8) is 0 Å². The average molecular weight is 510 g/mol. The summed E-state index contributed by atoms with van der Waals surface area (Å²) < 4.78 is 18.2. The molecule has 1 aliphatic carbocycles. The zero-order valence-corrected chi connectivity index (χ0v) is 22.1. The third kappa shape index (κ3) is 5.02. The molecule has 2 aromatic carbocycles. The number of pyridine rings is 1. The second kappa shape index (κ2) is 10.2. The molecular weight excluding hydrogens is 479 g/mol. The lowest BCUT2D eigenvalue weighted by molar-refractivity contribution is 0.00578. The summed E-state index contributed by atoms with van der Waals surface area (Å²) in [5.74, 6) is -0.0215. The van der Waals surface area contributed by atoms with Crippen LogP contribution in [0.25, 0.3) is 17.2 Å². The summed E-state index contributed by atoms with van der Waals surface area (Å²) in [6.07, 6.45) is 3.52. The first-order valence-electron chi connectivity index (χ1n) is 12.7. The lowest BCUT2D eigenvalue weighted by Crippen LogP contribution is -2.41. The van der Waals surface area contributed by atoms with Gasteiger partial charge in [-0.3, -0.25) is 9.78 Å². The summed E-state index contributed by atoms with van der Waals surface area (Å²) in [6.45, 7) is 8.26. The van der Waals surface area contributed by atoms with E-state index in [1.54, 1.807) is 18.2 Å². The molecule has 7 nitrogen and oxygen atoms in total. The standard InChI is InChI=1S/C30H31BN2O5/c1-29(2)30(3,4)38-31(37-29)21(15-22-14-13-20(18-34)16-32-22)17-33-28(35)36-19-27-25-11-7-5-9-23(25)24-10-6-8-12-26(24)27/h5-16,18,27H,17,19H2,1-4H3,(H,33,35). The Bertz CT molecular complexity index is 1320. The molecule has 2 heterocycles. The number of carbonyl (C=O) groups is 2. The van der Waals surface area contributed by atoms with Crippen LogP contribution in [0.1, 0.15) is 60.8 Å². The number of aromatic nitrogens is 1. The number of rotatable bonds is 7. The second-order valence-corrected chi connectivity index (χ2v) is 10.6. The van der Waals surface area contributed by atoms with Gasteiger partial charge in [0.2, 0.25) is 0 Å². The van der Waals surface area contributed by atoms with E-state index in [1.165, 1.54) is 17.3 Å². The smallest absolute Gasteiger partial charge is 0.449 e. The number of carbonyl (C=O) groups excluding carboxylic acids is 2. The highest BCUT2D eigenvalue weighted by atomic mass is 16.7. The van der Waals surface area contributed by atoms with E-state index in [9.17, 15) is 9.59 Å². The molecule has 38 heavy (non-hydrogen) atoms. The lowest BCUT2D eigenvalue weighted by Gasteiger charge is -2.32. The van der Waals surface area contributed by atoms with Crippen LogP contribution in [-0.4, -0.2) is 48.8 Å². The van der Waals surface area contributed by atoms with E-state index in [0.717, 1.165) is 17.4 Å². The zero-order valence-electron chi connectivity index (χ0n) is 22.1. The molecular formula is C30H31BN2O5. The third-order valence-electron chi connectivity index (χ3n) is 7.62. The molecule has 0 atom stereocenters. The minimum atomic E-state index is -0.679. The van der Waals surface area contributed by atoms with Gasteiger partial charge in [0.15, 0.2) is 6.29 Å². The predicted molar refractivity (Wildman–Crippen MR) is 147 cm³/mol. The Morgan fingerprint density at radius 2 is 1.58 bits per heavy atom. The van der Waals surface area contributed by atoms with Crippen LogP contribution >= 0.6 is 0 Å². The summed E-state index contributed by atoms with van der Waals surface area (Å²) in [7, 11) is -0.679. The van der Waals surface area contributed by atoms with Crippen LogP contribution in [-0.2, 0) is 14.0 Å². The van der Waals surface area contributed by atoms with Crippen molar-refractivity contribution >= 4 is 25.6 Å². The number of hydrogen-bond acceptors (Lipinski definition) is 6. The van der Waals surface area contributed by atoms with Crippen LogP contribution < -0.4 is 5.32 Å². The van der Waals surface area contributed by atoms with Crippen molar-refractivity contribution in [2.24, 2.45) is 0 Å². The maximum absolute atomic E-state index is 12.8. The van der Waals surface area contributed by atoms with Gasteiger partial charge in [0, 0.05) is 24.2 Å². The maximum Gasteiger partial charge on any atom is 0.492 e. The van der Waals surface area contributed by atoms with Crippen molar-refractivity contribution in [2.45, 2.75) is 44.8 Å². The van der Waals surface area contributed by atoms with Gasteiger partial charge in [-0.25, -0.2) is 4.79 Å². The SMILES string of the molecule is CC1(C)OB(C(=Cc2ccc(C=O)cn2)CNC(=O)OCC2c3ccccc3-c3ccccc32)OC1(C)C. The minimum Gasteiger partial charge on any atom is -0.449 e. The first-order valence-corrected chi connectivity index (χ1v) is 12.7. The Balaban J connectivity index is 1.29. The van der Waals surface area contributed by atoms with Crippen LogP contribution in [0.15, 0.2) is 72.3 Å². The fourth-order valence-electron chi connectivity index (χ4n) is 4.78. The van der Waals surface area contributed by atoms with Gasteiger partial charge in [0.1, 0.15) is 6.61 Å². The van der Waals surface area contributed by atoms with Crippen molar-refractivity contribution in [3.05, 3.63) is 94.7 Å². The second-order valence-electron chi connectivity index (χ2n) is 10.6. The van der Waals surface area contributed by atoms with Crippen molar-refractivity contribution in [1.29, 1.82) is 0 Å². The summed E-state index contributed by atoms with van der Waals surface area (Å²) in [5.41, 5.74) is 5.36.